The monoisotopic (exact) mass is 128 g/mol. The van der Waals surface area contributed by atoms with E-state index in [1.807, 2.05) is 0 Å². The molecule has 0 unspecified atom stereocenters. The van der Waals surface area contributed by atoms with Crippen LogP contribution in [-0.4, -0.2) is 30.5 Å². The molecule has 1 rings (SSSR count). The van der Waals surface area contributed by atoms with Crippen molar-refractivity contribution in [2.45, 2.75) is 19.8 Å². The summed E-state index contributed by atoms with van der Waals surface area (Å²) in [4.78, 5) is 10.5. The first-order chi connectivity index (χ1) is 4.33. The normalized spacial score (nSPS) is 24.1. The fourth-order valence-corrected chi connectivity index (χ4v) is 1.46. The SMILES string of the molecule is CC[N+]1(C=O)CCCC1. The number of quaternary nitrogens is 1. The van der Waals surface area contributed by atoms with Gasteiger partial charge in [0.2, 0.25) is 0 Å². The minimum Gasteiger partial charge on any atom is -0.263 e. The van der Waals surface area contributed by atoms with Crippen molar-refractivity contribution in [1.82, 2.24) is 0 Å². The number of carbonyl (C=O) groups is 1. The van der Waals surface area contributed by atoms with Crippen molar-refractivity contribution in [3.8, 4) is 0 Å². The molecule has 1 aliphatic rings. The highest BCUT2D eigenvalue weighted by atomic mass is 16.1. The lowest BCUT2D eigenvalue weighted by Gasteiger charge is -2.23. The van der Waals surface area contributed by atoms with Gasteiger partial charge in [-0.05, 0) is 6.92 Å². The molecule has 52 valence electrons. The maximum Gasteiger partial charge on any atom is 0.301 e. The molecule has 9 heavy (non-hydrogen) atoms. The average molecular weight is 128 g/mol. The summed E-state index contributed by atoms with van der Waals surface area (Å²) < 4.78 is 0.708. The molecule has 1 aliphatic heterocycles. The molecular formula is C7H14NO+. The van der Waals surface area contributed by atoms with Gasteiger partial charge < -0.3 is 0 Å². The zero-order valence-corrected chi connectivity index (χ0v) is 5.97. The third-order valence-electron chi connectivity index (χ3n) is 2.31. The summed E-state index contributed by atoms with van der Waals surface area (Å²) in [7, 11) is 0. The van der Waals surface area contributed by atoms with Crippen molar-refractivity contribution in [2.75, 3.05) is 19.6 Å². The molecule has 1 saturated heterocycles. The molecule has 0 radical (unpaired) electrons. The van der Waals surface area contributed by atoms with E-state index in [0.717, 1.165) is 26.0 Å². The van der Waals surface area contributed by atoms with Crippen LogP contribution in [0.15, 0.2) is 0 Å². The Morgan fingerprint density at radius 1 is 1.44 bits per heavy atom. The van der Waals surface area contributed by atoms with Gasteiger partial charge in [-0.25, -0.2) is 4.79 Å². The van der Waals surface area contributed by atoms with Crippen LogP contribution in [0, 0.1) is 0 Å². The lowest BCUT2D eigenvalue weighted by Crippen LogP contribution is -2.43. The summed E-state index contributed by atoms with van der Waals surface area (Å²) in [6.07, 6.45) is 3.56. The number of amides is 1. The summed E-state index contributed by atoms with van der Waals surface area (Å²) in [5.74, 6) is 0. The Morgan fingerprint density at radius 2 is 2.00 bits per heavy atom. The maximum atomic E-state index is 10.5. The van der Waals surface area contributed by atoms with Gasteiger partial charge in [0.05, 0.1) is 19.6 Å². The molecule has 1 fully saturated rings. The number of hydrogen-bond donors (Lipinski definition) is 0. The zero-order valence-electron chi connectivity index (χ0n) is 5.97. The summed E-state index contributed by atoms with van der Waals surface area (Å²) in [5, 5.41) is 0. The standard InChI is InChI=1S/C7H14NO/c1-2-8(7-9)5-3-4-6-8/h7H,2-6H2,1H3/q+1. The van der Waals surface area contributed by atoms with Gasteiger partial charge in [0, 0.05) is 12.8 Å². The minimum atomic E-state index is 0.708. The van der Waals surface area contributed by atoms with Crippen LogP contribution in [0.4, 0.5) is 0 Å². The van der Waals surface area contributed by atoms with Crippen molar-refractivity contribution >= 4 is 6.41 Å². The van der Waals surface area contributed by atoms with Gasteiger partial charge in [0.15, 0.2) is 0 Å². The molecule has 0 aromatic rings. The van der Waals surface area contributed by atoms with E-state index in [9.17, 15) is 4.79 Å². The first-order valence-corrected chi connectivity index (χ1v) is 3.65. The van der Waals surface area contributed by atoms with E-state index in [2.05, 4.69) is 6.92 Å². The Hall–Kier alpha value is -0.370. The Kier molecular flexibility index (Phi) is 1.86. The molecule has 2 heteroatoms. The maximum absolute atomic E-state index is 10.5. The summed E-state index contributed by atoms with van der Waals surface area (Å²) in [6.45, 7) is 5.20. The van der Waals surface area contributed by atoms with E-state index in [1.165, 1.54) is 12.8 Å². The van der Waals surface area contributed by atoms with Crippen molar-refractivity contribution in [2.24, 2.45) is 0 Å². The highest BCUT2D eigenvalue weighted by Crippen LogP contribution is 2.15. The van der Waals surface area contributed by atoms with Crippen LogP contribution in [0.2, 0.25) is 0 Å². The molecule has 0 aromatic carbocycles. The molecule has 0 N–H and O–H groups in total. The van der Waals surface area contributed by atoms with Crippen molar-refractivity contribution in [3.63, 3.8) is 0 Å². The molecule has 1 amide bonds. The van der Waals surface area contributed by atoms with Crippen molar-refractivity contribution in [3.05, 3.63) is 0 Å². The number of carbonyl (C=O) groups excluding carboxylic acids is 1. The van der Waals surface area contributed by atoms with Gasteiger partial charge in [-0.1, -0.05) is 0 Å². The van der Waals surface area contributed by atoms with Gasteiger partial charge in [0.25, 0.3) is 0 Å². The highest BCUT2D eigenvalue weighted by molar-refractivity contribution is 5.37. The fraction of sp³-hybridized carbons (Fsp3) is 0.857. The second-order valence-corrected chi connectivity index (χ2v) is 2.79. The lowest BCUT2D eigenvalue weighted by molar-refractivity contribution is -0.831. The second-order valence-electron chi connectivity index (χ2n) is 2.79. The Balaban J connectivity index is 2.55. The largest absolute Gasteiger partial charge is 0.301 e. The van der Waals surface area contributed by atoms with Gasteiger partial charge in [-0.2, -0.15) is 0 Å². The van der Waals surface area contributed by atoms with Crippen LogP contribution < -0.4 is 0 Å². The Bertz CT molecular complexity index is 105. The first-order valence-electron chi connectivity index (χ1n) is 3.65. The molecule has 0 spiro atoms. The van der Waals surface area contributed by atoms with Crippen molar-refractivity contribution < 1.29 is 9.28 Å². The number of rotatable bonds is 2. The van der Waals surface area contributed by atoms with E-state index in [-0.39, 0.29) is 0 Å². The summed E-state index contributed by atoms with van der Waals surface area (Å²) in [6, 6.07) is 0. The molecule has 0 atom stereocenters. The van der Waals surface area contributed by atoms with E-state index in [1.54, 1.807) is 0 Å². The van der Waals surface area contributed by atoms with Crippen LogP contribution in [-0.2, 0) is 4.79 Å². The highest BCUT2D eigenvalue weighted by Gasteiger charge is 2.29. The van der Waals surface area contributed by atoms with Crippen LogP contribution in [0.25, 0.3) is 0 Å². The van der Waals surface area contributed by atoms with E-state index in [0.29, 0.717) is 4.48 Å². The molecule has 0 aromatic heterocycles. The molecule has 0 saturated carbocycles. The van der Waals surface area contributed by atoms with Gasteiger partial charge in [-0.15, -0.1) is 0 Å². The number of nitrogens with zero attached hydrogens (tertiary/aromatic N) is 1. The molecule has 2 nitrogen and oxygen atoms in total. The minimum absolute atomic E-state index is 0.708. The molecule has 0 aliphatic carbocycles. The van der Waals surface area contributed by atoms with E-state index < -0.39 is 0 Å². The predicted molar refractivity (Wildman–Crippen MR) is 35.8 cm³/mol. The summed E-state index contributed by atoms with van der Waals surface area (Å²) >= 11 is 0. The van der Waals surface area contributed by atoms with Crippen LogP contribution in [0.5, 0.6) is 0 Å². The van der Waals surface area contributed by atoms with E-state index in [4.69, 9.17) is 0 Å². The Labute approximate surface area is 56.1 Å². The molecular weight excluding hydrogens is 114 g/mol. The van der Waals surface area contributed by atoms with Crippen LogP contribution in [0.3, 0.4) is 0 Å². The van der Waals surface area contributed by atoms with Gasteiger partial charge >= 0.3 is 6.41 Å². The fourth-order valence-electron chi connectivity index (χ4n) is 1.46. The number of hydrogen-bond acceptors (Lipinski definition) is 1. The summed E-state index contributed by atoms with van der Waals surface area (Å²) in [5.41, 5.74) is 0. The third-order valence-corrected chi connectivity index (χ3v) is 2.31. The van der Waals surface area contributed by atoms with E-state index >= 15 is 0 Å². The van der Waals surface area contributed by atoms with Crippen LogP contribution >= 0.6 is 0 Å². The second kappa shape index (κ2) is 2.48. The quantitative estimate of drug-likeness (QED) is 0.396. The molecule has 0 bridgehead atoms. The Morgan fingerprint density at radius 3 is 2.22 bits per heavy atom. The zero-order chi connectivity index (χ0) is 6.74. The van der Waals surface area contributed by atoms with Crippen LogP contribution in [0.1, 0.15) is 19.8 Å². The van der Waals surface area contributed by atoms with Crippen molar-refractivity contribution in [1.29, 1.82) is 0 Å². The predicted octanol–water partition coefficient (Wildman–Crippen LogP) is 0.773. The van der Waals surface area contributed by atoms with Gasteiger partial charge in [0.1, 0.15) is 0 Å². The average Bonchev–Trinajstić information content (AvgIpc) is 2.36. The molecule has 1 heterocycles. The van der Waals surface area contributed by atoms with Gasteiger partial charge in [-0.3, -0.25) is 4.48 Å². The lowest BCUT2D eigenvalue weighted by atomic mass is 10.4. The first kappa shape index (κ1) is 6.75. The third kappa shape index (κ3) is 1.13. The smallest absolute Gasteiger partial charge is 0.263 e. The number of likely N-dealkylation sites (tertiary alicyclic amines) is 1. The topological polar surface area (TPSA) is 17.1 Å².